The van der Waals surface area contributed by atoms with Crippen molar-refractivity contribution in [3.8, 4) is 6.07 Å². The van der Waals surface area contributed by atoms with Crippen LogP contribution < -0.4 is 5.32 Å². The van der Waals surface area contributed by atoms with Crippen molar-refractivity contribution < 1.29 is 9.18 Å². The van der Waals surface area contributed by atoms with E-state index in [1.54, 1.807) is 30.3 Å². The Morgan fingerprint density at radius 3 is 2.57 bits per heavy atom. The van der Waals surface area contributed by atoms with Crippen LogP contribution in [0.25, 0.3) is 6.08 Å². The molecule has 0 fully saturated rings. The number of nitriles is 1. The van der Waals surface area contributed by atoms with Gasteiger partial charge in [0, 0.05) is 4.47 Å². The van der Waals surface area contributed by atoms with Gasteiger partial charge in [-0.05, 0) is 29.8 Å². The van der Waals surface area contributed by atoms with Crippen molar-refractivity contribution >= 4 is 33.6 Å². The predicted molar refractivity (Wildman–Crippen MR) is 82.8 cm³/mol. The van der Waals surface area contributed by atoms with Gasteiger partial charge >= 0.3 is 0 Å². The molecule has 0 aliphatic carbocycles. The summed E-state index contributed by atoms with van der Waals surface area (Å²) in [5.74, 6) is -1.22. The third-order valence-electron chi connectivity index (χ3n) is 2.65. The van der Waals surface area contributed by atoms with Crippen LogP contribution >= 0.6 is 15.9 Å². The number of carbonyl (C=O) groups excluding carboxylic acids is 1. The molecule has 1 amide bonds. The molecule has 0 spiro atoms. The van der Waals surface area contributed by atoms with Gasteiger partial charge in [0.15, 0.2) is 0 Å². The first-order valence-electron chi connectivity index (χ1n) is 6.03. The topological polar surface area (TPSA) is 52.9 Å². The van der Waals surface area contributed by atoms with Gasteiger partial charge in [-0.25, -0.2) is 4.39 Å². The first-order valence-corrected chi connectivity index (χ1v) is 6.82. The van der Waals surface area contributed by atoms with Gasteiger partial charge in [0.05, 0.1) is 5.69 Å². The quantitative estimate of drug-likeness (QED) is 0.672. The fraction of sp³-hybridized carbons (Fsp3) is 0. The third-order valence-corrected chi connectivity index (χ3v) is 3.15. The van der Waals surface area contributed by atoms with Crippen molar-refractivity contribution in [1.29, 1.82) is 5.26 Å². The molecule has 0 atom stereocenters. The minimum Gasteiger partial charge on any atom is -0.319 e. The Balaban J connectivity index is 2.22. The van der Waals surface area contributed by atoms with E-state index in [4.69, 9.17) is 5.26 Å². The van der Waals surface area contributed by atoms with Gasteiger partial charge < -0.3 is 5.32 Å². The highest BCUT2D eigenvalue weighted by Gasteiger charge is 2.12. The number of carbonyl (C=O) groups is 1. The van der Waals surface area contributed by atoms with Crippen LogP contribution in [0, 0.1) is 17.1 Å². The van der Waals surface area contributed by atoms with E-state index in [1.165, 1.54) is 18.2 Å². The monoisotopic (exact) mass is 344 g/mol. The second kappa shape index (κ2) is 6.82. The Bertz CT molecular complexity index is 736. The summed E-state index contributed by atoms with van der Waals surface area (Å²) in [5.41, 5.74) is 0.654. The van der Waals surface area contributed by atoms with Crippen LogP contribution in [0.5, 0.6) is 0 Å². The summed E-state index contributed by atoms with van der Waals surface area (Å²) < 4.78 is 14.2. The maximum Gasteiger partial charge on any atom is 0.266 e. The lowest BCUT2D eigenvalue weighted by Crippen LogP contribution is -2.14. The van der Waals surface area contributed by atoms with E-state index in [0.717, 1.165) is 5.56 Å². The fourth-order valence-corrected chi connectivity index (χ4v) is 1.98. The van der Waals surface area contributed by atoms with Gasteiger partial charge in [0.1, 0.15) is 17.5 Å². The molecule has 5 heteroatoms. The van der Waals surface area contributed by atoms with Crippen LogP contribution in [0.3, 0.4) is 0 Å². The van der Waals surface area contributed by atoms with Crippen molar-refractivity contribution in [2.75, 3.05) is 5.32 Å². The van der Waals surface area contributed by atoms with Crippen molar-refractivity contribution in [1.82, 2.24) is 0 Å². The summed E-state index contributed by atoms with van der Waals surface area (Å²) in [6.45, 7) is 0. The van der Waals surface area contributed by atoms with Crippen LogP contribution in [0.1, 0.15) is 5.56 Å². The highest BCUT2D eigenvalue weighted by atomic mass is 79.9. The minimum absolute atomic E-state index is 0.0254. The van der Waals surface area contributed by atoms with E-state index in [1.807, 2.05) is 12.1 Å². The summed E-state index contributed by atoms with van der Waals surface area (Å²) >= 11 is 3.13. The van der Waals surface area contributed by atoms with Crippen LogP contribution in [-0.2, 0) is 4.79 Å². The summed E-state index contributed by atoms with van der Waals surface area (Å²) in [5, 5.41) is 11.5. The molecule has 0 aliphatic rings. The maximum atomic E-state index is 13.7. The first-order chi connectivity index (χ1) is 10.1. The molecule has 0 saturated carbocycles. The third kappa shape index (κ3) is 4.01. The molecule has 3 nitrogen and oxygen atoms in total. The normalized spacial score (nSPS) is 10.8. The summed E-state index contributed by atoms with van der Waals surface area (Å²) in [6.07, 6.45) is 1.45. The lowest BCUT2D eigenvalue weighted by atomic mass is 10.1. The number of hydrogen-bond acceptors (Lipinski definition) is 2. The smallest absolute Gasteiger partial charge is 0.266 e. The first kappa shape index (κ1) is 14.9. The summed E-state index contributed by atoms with van der Waals surface area (Å²) in [4.78, 5) is 12.0. The van der Waals surface area contributed by atoms with Gasteiger partial charge in [-0.15, -0.1) is 0 Å². The Labute approximate surface area is 129 Å². The predicted octanol–water partition coefficient (Wildman–Crippen LogP) is 4.13. The lowest BCUT2D eigenvalue weighted by Gasteiger charge is -2.06. The lowest BCUT2D eigenvalue weighted by molar-refractivity contribution is -0.112. The summed E-state index contributed by atoms with van der Waals surface area (Å²) in [6, 6.07) is 15.1. The van der Waals surface area contributed by atoms with Crippen molar-refractivity contribution in [2.24, 2.45) is 0 Å². The van der Waals surface area contributed by atoms with E-state index in [9.17, 15) is 9.18 Å². The van der Waals surface area contributed by atoms with Crippen LogP contribution in [-0.4, -0.2) is 5.91 Å². The minimum atomic E-state index is -0.650. The van der Waals surface area contributed by atoms with Gasteiger partial charge in [-0.3, -0.25) is 4.79 Å². The number of nitrogens with zero attached hydrogens (tertiary/aromatic N) is 1. The molecule has 104 valence electrons. The molecule has 0 radical (unpaired) electrons. The number of hydrogen-bond donors (Lipinski definition) is 1. The van der Waals surface area contributed by atoms with Gasteiger partial charge in [0.25, 0.3) is 5.91 Å². The second-order valence-corrected chi connectivity index (χ2v) is 5.07. The standard InChI is InChI=1S/C16H10BrFN2O/c17-13-6-7-15(14(18)9-13)20-16(21)12(10-19)8-11-4-2-1-3-5-11/h1-9H,(H,20,21)/b12-8+. The molecule has 0 aliphatic heterocycles. The van der Waals surface area contributed by atoms with Crippen LogP contribution in [0.15, 0.2) is 58.6 Å². The Morgan fingerprint density at radius 2 is 1.95 bits per heavy atom. The molecule has 0 heterocycles. The number of benzene rings is 2. The van der Waals surface area contributed by atoms with Gasteiger partial charge in [0.2, 0.25) is 0 Å². The SMILES string of the molecule is N#C/C(=C\c1ccccc1)C(=O)Nc1ccc(Br)cc1F. The summed E-state index contributed by atoms with van der Waals surface area (Å²) in [7, 11) is 0. The van der Waals surface area contributed by atoms with Gasteiger partial charge in [-0.1, -0.05) is 46.3 Å². The molecule has 2 aromatic rings. The molecule has 0 unspecified atom stereocenters. The number of halogens is 2. The molecular weight excluding hydrogens is 335 g/mol. The average Bonchev–Trinajstić information content (AvgIpc) is 2.48. The number of anilines is 1. The molecule has 2 aromatic carbocycles. The number of nitrogens with one attached hydrogen (secondary N) is 1. The molecule has 2 rings (SSSR count). The van der Waals surface area contributed by atoms with Crippen molar-refractivity contribution in [3.63, 3.8) is 0 Å². The van der Waals surface area contributed by atoms with E-state index >= 15 is 0 Å². The molecule has 0 saturated heterocycles. The van der Waals surface area contributed by atoms with E-state index in [0.29, 0.717) is 4.47 Å². The molecule has 1 N–H and O–H groups in total. The van der Waals surface area contributed by atoms with Crippen molar-refractivity contribution in [2.45, 2.75) is 0 Å². The van der Waals surface area contributed by atoms with Crippen LogP contribution in [0.2, 0.25) is 0 Å². The maximum absolute atomic E-state index is 13.7. The van der Waals surface area contributed by atoms with Crippen molar-refractivity contribution in [3.05, 3.63) is 70.0 Å². The van der Waals surface area contributed by atoms with E-state index < -0.39 is 11.7 Å². The largest absolute Gasteiger partial charge is 0.319 e. The highest BCUT2D eigenvalue weighted by molar-refractivity contribution is 9.10. The fourth-order valence-electron chi connectivity index (χ4n) is 1.65. The Hall–Kier alpha value is -2.45. The zero-order chi connectivity index (χ0) is 15.2. The highest BCUT2D eigenvalue weighted by Crippen LogP contribution is 2.20. The molecular formula is C16H10BrFN2O. The second-order valence-electron chi connectivity index (χ2n) is 4.16. The zero-order valence-electron chi connectivity index (χ0n) is 10.8. The Morgan fingerprint density at radius 1 is 1.24 bits per heavy atom. The Kier molecular flexibility index (Phi) is 4.85. The van der Waals surface area contributed by atoms with E-state index in [2.05, 4.69) is 21.2 Å². The number of amides is 1. The van der Waals surface area contributed by atoms with E-state index in [-0.39, 0.29) is 11.3 Å². The van der Waals surface area contributed by atoms with Crippen LogP contribution in [0.4, 0.5) is 10.1 Å². The van der Waals surface area contributed by atoms with Gasteiger partial charge in [-0.2, -0.15) is 5.26 Å². The number of rotatable bonds is 3. The zero-order valence-corrected chi connectivity index (χ0v) is 12.4. The molecule has 0 aromatic heterocycles. The average molecular weight is 345 g/mol. The molecule has 21 heavy (non-hydrogen) atoms. The molecule has 0 bridgehead atoms.